The van der Waals surface area contributed by atoms with Crippen LogP contribution in [0.25, 0.3) is 5.65 Å². The SMILES string of the molecule is CCOCCN(CC)c1nc2ccccn2c1C(=O)O. The second kappa shape index (κ2) is 6.38. The first-order valence-electron chi connectivity index (χ1n) is 6.72. The van der Waals surface area contributed by atoms with E-state index in [0.717, 1.165) is 0 Å². The Labute approximate surface area is 117 Å². The fourth-order valence-electron chi connectivity index (χ4n) is 2.14. The summed E-state index contributed by atoms with van der Waals surface area (Å²) in [5.41, 5.74) is 0.828. The molecule has 6 nitrogen and oxygen atoms in total. The quantitative estimate of drug-likeness (QED) is 0.783. The summed E-state index contributed by atoms with van der Waals surface area (Å²) in [7, 11) is 0. The lowest BCUT2D eigenvalue weighted by molar-refractivity contribution is 0.0690. The van der Waals surface area contributed by atoms with E-state index in [1.54, 1.807) is 22.7 Å². The highest BCUT2D eigenvalue weighted by molar-refractivity contribution is 5.93. The van der Waals surface area contributed by atoms with E-state index in [-0.39, 0.29) is 5.69 Å². The number of nitrogens with zero attached hydrogens (tertiary/aromatic N) is 3. The number of anilines is 1. The maximum atomic E-state index is 11.5. The Morgan fingerprint density at radius 2 is 2.25 bits per heavy atom. The number of ether oxygens (including phenoxy) is 1. The second-order valence-electron chi connectivity index (χ2n) is 4.29. The Kier molecular flexibility index (Phi) is 4.57. The Bertz CT molecular complexity index is 594. The highest BCUT2D eigenvalue weighted by Gasteiger charge is 2.22. The fourth-order valence-corrected chi connectivity index (χ4v) is 2.14. The van der Waals surface area contributed by atoms with Crippen molar-refractivity contribution in [2.45, 2.75) is 13.8 Å². The monoisotopic (exact) mass is 277 g/mol. The number of aromatic carboxylic acids is 1. The van der Waals surface area contributed by atoms with Crippen LogP contribution in [-0.4, -0.2) is 46.8 Å². The number of hydrogen-bond donors (Lipinski definition) is 1. The third-order valence-electron chi connectivity index (χ3n) is 3.11. The smallest absolute Gasteiger partial charge is 0.356 e. The van der Waals surface area contributed by atoms with Gasteiger partial charge >= 0.3 is 5.97 Å². The van der Waals surface area contributed by atoms with Gasteiger partial charge in [-0.1, -0.05) is 6.07 Å². The normalized spacial score (nSPS) is 10.9. The van der Waals surface area contributed by atoms with E-state index >= 15 is 0 Å². The maximum Gasteiger partial charge on any atom is 0.356 e. The van der Waals surface area contributed by atoms with Crippen LogP contribution >= 0.6 is 0 Å². The van der Waals surface area contributed by atoms with Crippen molar-refractivity contribution in [1.82, 2.24) is 9.38 Å². The first-order valence-corrected chi connectivity index (χ1v) is 6.72. The molecule has 0 radical (unpaired) electrons. The van der Waals surface area contributed by atoms with Gasteiger partial charge < -0.3 is 14.7 Å². The number of hydrogen-bond acceptors (Lipinski definition) is 4. The molecule has 0 aromatic carbocycles. The minimum Gasteiger partial charge on any atom is -0.476 e. The lowest BCUT2D eigenvalue weighted by Crippen LogP contribution is -2.29. The molecule has 2 rings (SSSR count). The van der Waals surface area contributed by atoms with E-state index in [4.69, 9.17) is 4.74 Å². The lowest BCUT2D eigenvalue weighted by Gasteiger charge is -2.20. The number of likely N-dealkylation sites (N-methyl/N-ethyl adjacent to an activating group) is 1. The molecule has 0 saturated heterocycles. The molecule has 20 heavy (non-hydrogen) atoms. The zero-order chi connectivity index (χ0) is 14.5. The molecule has 0 aliphatic carbocycles. The van der Waals surface area contributed by atoms with Crippen LogP contribution in [0.2, 0.25) is 0 Å². The average molecular weight is 277 g/mol. The van der Waals surface area contributed by atoms with Crippen molar-refractivity contribution in [3.8, 4) is 0 Å². The van der Waals surface area contributed by atoms with Crippen molar-refractivity contribution in [3.63, 3.8) is 0 Å². The number of carboxylic acids is 1. The van der Waals surface area contributed by atoms with Crippen molar-refractivity contribution in [2.75, 3.05) is 31.2 Å². The molecule has 108 valence electrons. The van der Waals surface area contributed by atoms with Gasteiger partial charge in [-0.05, 0) is 26.0 Å². The Morgan fingerprint density at radius 1 is 1.45 bits per heavy atom. The van der Waals surface area contributed by atoms with Gasteiger partial charge in [0.1, 0.15) is 5.65 Å². The zero-order valence-electron chi connectivity index (χ0n) is 11.7. The summed E-state index contributed by atoms with van der Waals surface area (Å²) in [6.45, 7) is 6.41. The maximum absolute atomic E-state index is 11.5. The number of aromatic nitrogens is 2. The van der Waals surface area contributed by atoms with Crippen LogP contribution in [0.1, 0.15) is 24.3 Å². The van der Waals surface area contributed by atoms with Crippen LogP contribution in [0.15, 0.2) is 24.4 Å². The number of fused-ring (bicyclic) bond motifs is 1. The molecule has 2 heterocycles. The standard InChI is InChI=1S/C14H19N3O3/c1-3-16(9-10-20-4-2)13-12(14(18)19)17-8-6-5-7-11(17)15-13/h5-8H,3-4,9-10H2,1-2H3,(H,18,19). The number of carboxylic acid groups (broad SMARTS) is 1. The topological polar surface area (TPSA) is 67.1 Å². The summed E-state index contributed by atoms with van der Waals surface area (Å²) in [5, 5.41) is 9.45. The molecule has 0 saturated carbocycles. The van der Waals surface area contributed by atoms with E-state index < -0.39 is 5.97 Å². The van der Waals surface area contributed by atoms with Crippen molar-refractivity contribution in [3.05, 3.63) is 30.1 Å². The van der Waals surface area contributed by atoms with Crippen LogP contribution in [0.5, 0.6) is 0 Å². The van der Waals surface area contributed by atoms with Crippen LogP contribution in [0.3, 0.4) is 0 Å². The highest BCUT2D eigenvalue weighted by atomic mass is 16.5. The minimum atomic E-state index is -0.978. The lowest BCUT2D eigenvalue weighted by atomic mass is 10.3. The van der Waals surface area contributed by atoms with Gasteiger partial charge in [-0.25, -0.2) is 9.78 Å². The molecule has 0 aliphatic rings. The van der Waals surface area contributed by atoms with Crippen LogP contribution in [-0.2, 0) is 4.74 Å². The average Bonchev–Trinajstić information content (AvgIpc) is 2.82. The van der Waals surface area contributed by atoms with Gasteiger partial charge in [-0.3, -0.25) is 4.40 Å². The molecule has 0 unspecified atom stereocenters. The van der Waals surface area contributed by atoms with Crippen molar-refractivity contribution < 1.29 is 14.6 Å². The summed E-state index contributed by atoms with van der Waals surface area (Å²) in [4.78, 5) is 17.9. The molecule has 1 N–H and O–H groups in total. The van der Waals surface area contributed by atoms with Gasteiger partial charge in [0.2, 0.25) is 0 Å². The number of pyridine rings is 1. The van der Waals surface area contributed by atoms with E-state index in [0.29, 0.717) is 37.8 Å². The Hall–Kier alpha value is -2.08. The molecule has 0 fully saturated rings. The Balaban J connectivity index is 2.40. The molecule has 2 aromatic heterocycles. The fraction of sp³-hybridized carbons (Fsp3) is 0.429. The van der Waals surface area contributed by atoms with E-state index in [9.17, 15) is 9.90 Å². The second-order valence-corrected chi connectivity index (χ2v) is 4.29. The molecule has 0 bridgehead atoms. The highest BCUT2D eigenvalue weighted by Crippen LogP contribution is 2.21. The Morgan fingerprint density at radius 3 is 2.90 bits per heavy atom. The van der Waals surface area contributed by atoms with Gasteiger partial charge in [0.25, 0.3) is 0 Å². The number of imidazole rings is 1. The third-order valence-corrected chi connectivity index (χ3v) is 3.11. The van der Waals surface area contributed by atoms with E-state index in [1.807, 2.05) is 24.8 Å². The molecular formula is C14H19N3O3. The largest absolute Gasteiger partial charge is 0.476 e. The van der Waals surface area contributed by atoms with Crippen LogP contribution in [0.4, 0.5) is 5.82 Å². The molecule has 0 atom stereocenters. The first kappa shape index (κ1) is 14.3. The van der Waals surface area contributed by atoms with Crippen LogP contribution in [0, 0.1) is 0 Å². The molecule has 6 heteroatoms. The molecule has 0 aliphatic heterocycles. The molecule has 0 spiro atoms. The van der Waals surface area contributed by atoms with Crippen molar-refractivity contribution >= 4 is 17.4 Å². The molecular weight excluding hydrogens is 258 g/mol. The summed E-state index contributed by atoms with van der Waals surface area (Å²) in [6, 6.07) is 5.43. The summed E-state index contributed by atoms with van der Waals surface area (Å²) in [6.07, 6.45) is 1.71. The van der Waals surface area contributed by atoms with E-state index in [1.165, 1.54) is 0 Å². The van der Waals surface area contributed by atoms with Crippen molar-refractivity contribution in [2.24, 2.45) is 0 Å². The summed E-state index contributed by atoms with van der Waals surface area (Å²) in [5.74, 6) is -0.487. The van der Waals surface area contributed by atoms with Gasteiger partial charge in [0.15, 0.2) is 11.5 Å². The minimum absolute atomic E-state index is 0.193. The number of rotatable bonds is 7. The summed E-state index contributed by atoms with van der Waals surface area (Å²) < 4.78 is 6.94. The first-order chi connectivity index (χ1) is 9.69. The third kappa shape index (κ3) is 2.75. The van der Waals surface area contributed by atoms with Gasteiger partial charge in [-0.15, -0.1) is 0 Å². The molecule has 0 amide bonds. The predicted octanol–water partition coefficient (Wildman–Crippen LogP) is 1.90. The predicted molar refractivity (Wildman–Crippen MR) is 76.5 cm³/mol. The van der Waals surface area contributed by atoms with Gasteiger partial charge in [0.05, 0.1) is 6.61 Å². The molecule has 2 aromatic rings. The van der Waals surface area contributed by atoms with Gasteiger partial charge in [0, 0.05) is 25.9 Å². The van der Waals surface area contributed by atoms with Gasteiger partial charge in [-0.2, -0.15) is 0 Å². The van der Waals surface area contributed by atoms with Crippen LogP contribution < -0.4 is 4.90 Å². The van der Waals surface area contributed by atoms with Crippen molar-refractivity contribution in [1.29, 1.82) is 0 Å². The zero-order valence-corrected chi connectivity index (χ0v) is 11.7. The number of carbonyl (C=O) groups is 1. The van der Waals surface area contributed by atoms with E-state index in [2.05, 4.69) is 4.98 Å². The summed E-state index contributed by atoms with van der Waals surface area (Å²) >= 11 is 0.